The third-order valence-electron chi connectivity index (χ3n) is 13.2. The molecule has 0 aromatic heterocycles. The molecule has 0 amide bonds. The third-order valence-corrected chi connectivity index (χ3v) is 15.6. The fraction of sp³-hybridized carbons (Fsp3) is 0.548. The van der Waals surface area contributed by atoms with Gasteiger partial charge in [0.25, 0.3) is 0 Å². The van der Waals surface area contributed by atoms with Crippen LogP contribution >= 0.6 is 0 Å². The average Bonchev–Trinajstić information content (AvgIpc) is 3.74. The molecule has 0 spiro atoms. The van der Waals surface area contributed by atoms with Gasteiger partial charge in [0, 0.05) is 5.41 Å². The fourth-order valence-electron chi connectivity index (χ4n) is 11.4. The lowest BCUT2D eigenvalue weighted by Crippen LogP contribution is -2.55. The van der Waals surface area contributed by atoms with Gasteiger partial charge in [-0.1, -0.05) is 96.9 Å². The predicted octanol–water partition coefficient (Wildman–Crippen LogP) is 8.88. The van der Waals surface area contributed by atoms with Crippen molar-refractivity contribution >= 4 is 15.8 Å². The molecular weight excluding hydrogens is 655 g/mol. The first kappa shape index (κ1) is 34.0. The zero-order valence-electron chi connectivity index (χ0n) is 28.8. The van der Waals surface area contributed by atoms with Crippen LogP contribution in [0.3, 0.4) is 0 Å². The molecule has 4 unspecified atom stereocenters. The van der Waals surface area contributed by atoms with Crippen LogP contribution in [0.15, 0.2) is 84.9 Å². The van der Waals surface area contributed by atoms with Crippen LogP contribution in [0.1, 0.15) is 86.5 Å². The molecule has 8 heteroatoms. The van der Waals surface area contributed by atoms with Gasteiger partial charge in [0.1, 0.15) is 12.7 Å². The Morgan fingerprint density at radius 3 is 1.80 bits per heavy atom. The van der Waals surface area contributed by atoms with E-state index >= 15 is 8.78 Å². The molecule has 6 aliphatic rings. The van der Waals surface area contributed by atoms with E-state index in [1.54, 1.807) is 84.9 Å². The van der Waals surface area contributed by atoms with Crippen molar-refractivity contribution in [3.63, 3.8) is 0 Å². The molecule has 0 radical (unpaired) electrons. The topological polar surface area (TPSA) is 69.7 Å². The van der Waals surface area contributed by atoms with Crippen molar-refractivity contribution < 1.29 is 31.5 Å². The van der Waals surface area contributed by atoms with Crippen molar-refractivity contribution in [1.29, 1.82) is 0 Å². The number of hydrogen-bond acceptors (Lipinski definition) is 5. The summed E-state index contributed by atoms with van der Waals surface area (Å²) in [6.45, 7) is 0.299. The zero-order chi connectivity index (χ0) is 34.7. The second-order valence-electron chi connectivity index (χ2n) is 16.4. The number of aryl methyl sites for hydroxylation is 1. The monoisotopic (exact) mass is 702 g/mol. The number of hydrogen-bond donors (Lipinski definition) is 0. The molecule has 0 aliphatic heterocycles. The Morgan fingerprint density at radius 1 is 0.760 bits per heavy atom. The molecule has 0 saturated heterocycles. The standard InChI is InChI=1S/C42H48F2O5S/c1-28-12-16-36(17-13-28)42(34-8-4-2-5-9-34,35-10-6-3-7-11-35)50(46,47)41(43,44)27-48-26-38(49-39(45)37-22-29-14-15-33(37)21-29)40-23-30-18-31(24-40)20-32(19-30)25-40/h2-13,16-17,29-33,37-38H,14-15,18-27H2,1H3. The Bertz CT molecular complexity index is 1720. The average molecular weight is 703 g/mol. The SMILES string of the molecule is Cc1ccc(C(c2ccccc2)(c2ccccc2)S(=O)(=O)C(F)(F)COCC(OC(=O)C2CC3CCC2C3)C23CC4CC(CC(C4)C2)C3)cc1. The van der Waals surface area contributed by atoms with Gasteiger partial charge in [-0.25, -0.2) is 8.42 Å². The highest BCUT2D eigenvalue weighted by Crippen LogP contribution is 2.62. The molecule has 6 fully saturated rings. The molecule has 0 N–H and O–H groups in total. The highest BCUT2D eigenvalue weighted by atomic mass is 32.2. The van der Waals surface area contributed by atoms with Gasteiger partial charge in [-0.05, 0) is 111 Å². The van der Waals surface area contributed by atoms with Crippen molar-refractivity contribution in [1.82, 2.24) is 0 Å². The number of benzene rings is 3. The van der Waals surface area contributed by atoms with Crippen molar-refractivity contribution in [3.8, 4) is 0 Å². The minimum Gasteiger partial charge on any atom is -0.459 e. The zero-order valence-corrected chi connectivity index (χ0v) is 29.6. The van der Waals surface area contributed by atoms with Crippen LogP contribution in [-0.2, 0) is 28.9 Å². The Kier molecular flexibility index (Phi) is 8.73. The highest BCUT2D eigenvalue weighted by Gasteiger charge is 2.62. The van der Waals surface area contributed by atoms with E-state index < -0.39 is 32.5 Å². The number of alkyl halides is 2. The Hall–Kier alpha value is -3.10. The minimum absolute atomic E-state index is 0.140. The molecular formula is C42H48F2O5S. The predicted molar refractivity (Wildman–Crippen MR) is 188 cm³/mol. The molecule has 3 aromatic rings. The molecule has 4 atom stereocenters. The lowest BCUT2D eigenvalue weighted by Gasteiger charge is -2.58. The van der Waals surface area contributed by atoms with E-state index in [1.165, 1.54) is 19.3 Å². The quantitative estimate of drug-likeness (QED) is 0.139. The van der Waals surface area contributed by atoms with E-state index in [1.807, 2.05) is 6.92 Å². The Balaban J connectivity index is 1.11. The van der Waals surface area contributed by atoms with E-state index in [-0.39, 0.29) is 40.6 Å². The molecule has 9 rings (SSSR count). The molecule has 6 bridgehead atoms. The first-order valence-corrected chi connectivity index (χ1v) is 20.1. The highest BCUT2D eigenvalue weighted by molar-refractivity contribution is 7.93. The first-order valence-electron chi connectivity index (χ1n) is 18.6. The number of fused-ring (bicyclic) bond motifs is 2. The van der Waals surface area contributed by atoms with Gasteiger partial charge in [0.15, 0.2) is 4.75 Å². The first-order chi connectivity index (χ1) is 24.0. The molecule has 50 heavy (non-hydrogen) atoms. The molecule has 5 nitrogen and oxygen atoms in total. The summed E-state index contributed by atoms with van der Waals surface area (Å²) >= 11 is 0. The summed E-state index contributed by atoms with van der Waals surface area (Å²) in [6.07, 6.45) is 9.71. The molecule has 6 aliphatic carbocycles. The van der Waals surface area contributed by atoms with Crippen molar-refractivity contribution in [2.24, 2.45) is 40.9 Å². The van der Waals surface area contributed by atoms with Crippen LogP contribution in [0.4, 0.5) is 8.78 Å². The Labute approximate surface area is 295 Å². The summed E-state index contributed by atoms with van der Waals surface area (Å²) in [6, 6.07) is 23.3. The second kappa shape index (κ2) is 12.8. The van der Waals surface area contributed by atoms with E-state index in [2.05, 4.69) is 0 Å². The van der Waals surface area contributed by atoms with E-state index in [0.717, 1.165) is 50.5 Å². The number of ether oxygens (including phenoxy) is 2. The van der Waals surface area contributed by atoms with Gasteiger partial charge in [-0.15, -0.1) is 0 Å². The molecule has 3 aromatic carbocycles. The summed E-state index contributed by atoms with van der Waals surface area (Å²) in [5.74, 6) is 2.21. The summed E-state index contributed by atoms with van der Waals surface area (Å²) in [4.78, 5) is 13.8. The van der Waals surface area contributed by atoms with Crippen LogP contribution in [0.2, 0.25) is 0 Å². The molecule has 6 saturated carbocycles. The summed E-state index contributed by atoms with van der Waals surface area (Å²) in [5, 5.41) is -4.29. The summed E-state index contributed by atoms with van der Waals surface area (Å²) in [7, 11) is -5.39. The van der Waals surface area contributed by atoms with Crippen LogP contribution < -0.4 is 0 Å². The number of esters is 1. The Morgan fingerprint density at radius 2 is 1.30 bits per heavy atom. The minimum atomic E-state index is -5.39. The van der Waals surface area contributed by atoms with Crippen LogP contribution in [-0.4, -0.2) is 39.0 Å². The van der Waals surface area contributed by atoms with Gasteiger partial charge in [0.05, 0.1) is 12.5 Å². The molecule has 0 heterocycles. The number of sulfone groups is 1. The van der Waals surface area contributed by atoms with Gasteiger partial charge in [-0.2, -0.15) is 8.78 Å². The van der Waals surface area contributed by atoms with Crippen LogP contribution in [0, 0.1) is 47.8 Å². The van der Waals surface area contributed by atoms with Crippen molar-refractivity contribution in [3.05, 3.63) is 107 Å². The summed E-state index contributed by atoms with van der Waals surface area (Å²) < 4.78 is 73.5. The van der Waals surface area contributed by atoms with Crippen LogP contribution in [0.5, 0.6) is 0 Å². The van der Waals surface area contributed by atoms with Gasteiger partial charge in [-0.3, -0.25) is 4.79 Å². The van der Waals surface area contributed by atoms with Crippen molar-refractivity contribution in [2.45, 2.75) is 87.2 Å². The number of carbonyl (C=O) groups is 1. The van der Waals surface area contributed by atoms with Gasteiger partial charge < -0.3 is 9.47 Å². The van der Waals surface area contributed by atoms with Gasteiger partial charge >= 0.3 is 11.2 Å². The lowest BCUT2D eigenvalue weighted by atomic mass is 9.48. The summed E-state index contributed by atoms with van der Waals surface area (Å²) in [5.41, 5.74) is 1.25. The number of halogens is 2. The maximum atomic E-state index is 16.8. The van der Waals surface area contributed by atoms with E-state index in [0.29, 0.717) is 29.6 Å². The normalized spacial score (nSPS) is 30.8. The van der Waals surface area contributed by atoms with Crippen LogP contribution in [0.25, 0.3) is 0 Å². The van der Waals surface area contributed by atoms with Crippen molar-refractivity contribution in [2.75, 3.05) is 13.2 Å². The maximum absolute atomic E-state index is 16.8. The molecule has 266 valence electrons. The largest absolute Gasteiger partial charge is 0.459 e. The maximum Gasteiger partial charge on any atom is 0.369 e. The van der Waals surface area contributed by atoms with Gasteiger partial charge in [0.2, 0.25) is 9.84 Å². The third kappa shape index (κ3) is 5.64. The second-order valence-corrected chi connectivity index (χ2v) is 18.6. The smallest absolute Gasteiger partial charge is 0.369 e. The van der Waals surface area contributed by atoms with E-state index in [4.69, 9.17) is 9.47 Å². The fourth-order valence-corrected chi connectivity index (χ4v) is 13.4. The van der Waals surface area contributed by atoms with E-state index in [9.17, 15) is 13.2 Å². The number of carbonyl (C=O) groups excluding carboxylic acids is 1. The number of rotatable bonds is 12. The lowest BCUT2D eigenvalue weighted by molar-refractivity contribution is -0.190.